The minimum absolute atomic E-state index is 0.177. The molecule has 0 fully saturated rings. The van der Waals surface area contributed by atoms with Gasteiger partial charge in [-0.15, -0.1) is 0 Å². The first kappa shape index (κ1) is 11.5. The second-order valence-electron chi connectivity index (χ2n) is 5.35. The molecule has 1 unspecified atom stereocenters. The Hall–Kier alpha value is -1.61. The SMILES string of the molecule is Cc1ccc(C)c(C2(C)NCCc3[nH]cnc32)c1. The largest absolute Gasteiger partial charge is 0.348 e. The summed E-state index contributed by atoms with van der Waals surface area (Å²) in [5.41, 5.74) is 6.16. The lowest BCUT2D eigenvalue weighted by Gasteiger charge is -2.36. The van der Waals surface area contributed by atoms with Crippen LogP contribution >= 0.6 is 0 Å². The predicted octanol–water partition coefficient (Wildman–Crippen LogP) is 2.44. The third-order valence-electron chi connectivity index (χ3n) is 3.98. The summed E-state index contributed by atoms with van der Waals surface area (Å²) in [6, 6.07) is 6.63. The summed E-state index contributed by atoms with van der Waals surface area (Å²) in [5.74, 6) is 0. The van der Waals surface area contributed by atoms with Gasteiger partial charge in [-0.25, -0.2) is 4.98 Å². The highest BCUT2D eigenvalue weighted by Crippen LogP contribution is 2.34. The first-order chi connectivity index (χ1) is 8.61. The molecular weight excluding hydrogens is 222 g/mol. The number of aromatic nitrogens is 2. The highest BCUT2D eigenvalue weighted by atomic mass is 15.1. The molecule has 0 spiro atoms. The molecule has 3 nitrogen and oxygen atoms in total. The predicted molar refractivity (Wildman–Crippen MR) is 72.7 cm³/mol. The molecule has 0 bridgehead atoms. The Bertz CT molecular complexity index is 585. The quantitative estimate of drug-likeness (QED) is 0.805. The number of imidazole rings is 1. The Kier molecular flexibility index (Phi) is 2.52. The Morgan fingerprint density at radius 3 is 2.94 bits per heavy atom. The van der Waals surface area contributed by atoms with E-state index in [1.165, 1.54) is 22.4 Å². The van der Waals surface area contributed by atoms with E-state index in [2.05, 4.69) is 54.3 Å². The van der Waals surface area contributed by atoms with Gasteiger partial charge in [0.25, 0.3) is 0 Å². The van der Waals surface area contributed by atoms with Crippen LogP contribution in [0.4, 0.5) is 0 Å². The van der Waals surface area contributed by atoms with Gasteiger partial charge in [0.2, 0.25) is 0 Å². The topological polar surface area (TPSA) is 40.7 Å². The zero-order valence-electron chi connectivity index (χ0n) is 11.2. The fourth-order valence-electron chi connectivity index (χ4n) is 2.96. The molecule has 2 heterocycles. The molecule has 1 aromatic heterocycles. The number of nitrogens with zero attached hydrogens (tertiary/aromatic N) is 1. The standard InChI is InChI=1S/C15H19N3/c1-10-4-5-11(2)12(8-10)15(3)14-13(6-7-18-15)16-9-17-14/h4-5,8-9,18H,6-7H2,1-3H3,(H,16,17). The highest BCUT2D eigenvalue weighted by Gasteiger charge is 2.36. The second-order valence-corrected chi connectivity index (χ2v) is 5.35. The van der Waals surface area contributed by atoms with Gasteiger partial charge in [-0.05, 0) is 31.9 Å². The average molecular weight is 241 g/mol. The number of hydrogen-bond acceptors (Lipinski definition) is 2. The van der Waals surface area contributed by atoms with E-state index < -0.39 is 0 Å². The van der Waals surface area contributed by atoms with E-state index in [9.17, 15) is 0 Å². The molecule has 1 aliphatic heterocycles. The molecule has 0 radical (unpaired) electrons. The summed E-state index contributed by atoms with van der Waals surface area (Å²) in [6.07, 6.45) is 2.83. The number of nitrogens with one attached hydrogen (secondary N) is 2. The zero-order valence-corrected chi connectivity index (χ0v) is 11.2. The van der Waals surface area contributed by atoms with E-state index in [-0.39, 0.29) is 5.54 Å². The van der Waals surface area contributed by atoms with Gasteiger partial charge in [-0.3, -0.25) is 0 Å². The van der Waals surface area contributed by atoms with E-state index in [1.807, 2.05) is 0 Å². The Balaban J connectivity index is 2.20. The summed E-state index contributed by atoms with van der Waals surface area (Å²) in [5, 5.41) is 3.64. The lowest BCUT2D eigenvalue weighted by atomic mass is 9.81. The van der Waals surface area contributed by atoms with Crippen LogP contribution in [0.25, 0.3) is 0 Å². The van der Waals surface area contributed by atoms with Gasteiger partial charge in [-0.1, -0.05) is 23.8 Å². The molecule has 94 valence electrons. The molecule has 0 saturated heterocycles. The maximum Gasteiger partial charge on any atom is 0.0926 e. The third kappa shape index (κ3) is 1.58. The summed E-state index contributed by atoms with van der Waals surface area (Å²) < 4.78 is 0. The number of aryl methyl sites for hydroxylation is 2. The van der Waals surface area contributed by atoms with E-state index >= 15 is 0 Å². The van der Waals surface area contributed by atoms with Crippen molar-refractivity contribution in [2.45, 2.75) is 32.7 Å². The van der Waals surface area contributed by atoms with Crippen molar-refractivity contribution >= 4 is 0 Å². The van der Waals surface area contributed by atoms with Gasteiger partial charge in [0.05, 0.1) is 17.6 Å². The van der Waals surface area contributed by atoms with Gasteiger partial charge in [0.15, 0.2) is 0 Å². The van der Waals surface area contributed by atoms with E-state index in [0.29, 0.717) is 0 Å². The molecule has 18 heavy (non-hydrogen) atoms. The maximum absolute atomic E-state index is 4.54. The molecule has 3 rings (SSSR count). The molecule has 3 heteroatoms. The van der Waals surface area contributed by atoms with Crippen LogP contribution in [0.3, 0.4) is 0 Å². The van der Waals surface area contributed by atoms with Crippen molar-refractivity contribution in [2.24, 2.45) is 0 Å². The number of aromatic amines is 1. The fraction of sp³-hybridized carbons (Fsp3) is 0.400. The van der Waals surface area contributed by atoms with E-state index in [0.717, 1.165) is 18.7 Å². The van der Waals surface area contributed by atoms with Crippen LogP contribution in [0.15, 0.2) is 24.5 Å². The van der Waals surface area contributed by atoms with Crippen LogP contribution in [-0.4, -0.2) is 16.5 Å². The number of fused-ring (bicyclic) bond motifs is 1. The van der Waals surface area contributed by atoms with Crippen molar-refractivity contribution in [1.82, 2.24) is 15.3 Å². The Labute approximate surface area is 108 Å². The number of H-pyrrole nitrogens is 1. The molecule has 2 aromatic rings. The van der Waals surface area contributed by atoms with Crippen molar-refractivity contribution in [3.05, 3.63) is 52.6 Å². The van der Waals surface area contributed by atoms with E-state index in [1.54, 1.807) is 6.33 Å². The summed E-state index contributed by atoms with van der Waals surface area (Å²) >= 11 is 0. The lowest BCUT2D eigenvalue weighted by molar-refractivity contribution is 0.401. The monoisotopic (exact) mass is 241 g/mol. The third-order valence-corrected chi connectivity index (χ3v) is 3.98. The van der Waals surface area contributed by atoms with Crippen molar-refractivity contribution in [1.29, 1.82) is 0 Å². The van der Waals surface area contributed by atoms with Gasteiger partial charge < -0.3 is 10.3 Å². The van der Waals surface area contributed by atoms with E-state index in [4.69, 9.17) is 0 Å². The van der Waals surface area contributed by atoms with Gasteiger partial charge in [0, 0.05) is 18.7 Å². The Morgan fingerprint density at radius 2 is 2.11 bits per heavy atom. The van der Waals surface area contributed by atoms with Crippen LogP contribution in [0.2, 0.25) is 0 Å². The van der Waals surface area contributed by atoms with Crippen LogP contribution in [0, 0.1) is 13.8 Å². The highest BCUT2D eigenvalue weighted by molar-refractivity contribution is 5.44. The maximum atomic E-state index is 4.54. The first-order valence-corrected chi connectivity index (χ1v) is 6.47. The van der Waals surface area contributed by atoms with Crippen molar-refractivity contribution < 1.29 is 0 Å². The fourth-order valence-corrected chi connectivity index (χ4v) is 2.96. The molecule has 0 saturated carbocycles. The van der Waals surface area contributed by atoms with Crippen molar-refractivity contribution in [2.75, 3.05) is 6.54 Å². The summed E-state index contributed by atoms with van der Waals surface area (Å²) in [4.78, 5) is 7.80. The number of hydrogen-bond donors (Lipinski definition) is 2. The molecule has 1 aliphatic rings. The molecule has 0 amide bonds. The lowest BCUT2D eigenvalue weighted by Crippen LogP contribution is -2.46. The van der Waals surface area contributed by atoms with Gasteiger partial charge >= 0.3 is 0 Å². The number of benzene rings is 1. The van der Waals surface area contributed by atoms with Crippen LogP contribution < -0.4 is 5.32 Å². The normalized spacial score (nSPS) is 22.8. The molecule has 0 aliphatic carbocycles. The van der Waals surface area contributed by atoms with Crippen molar-refractivity contribution in [3.63, 3.8) is 0 Å². The number of rotatable bonds is 1. The first-order valence-electron chi connectivity index (χ1n) is 6.47. The molecule has 1 atom stereocenters. The average Bonchev–Trinajstić information content (AvgIpc) is 2.82. The van der Waals surface area contributed by atoms with Crippen LogP contribution in [-0.2, 0) is 12.0 Å². The van der Waals surface area contributed by atoms with Crippen molar-refractivity contribution in [3.8, 4) is 0 Å². The summed E-state index contributed by atoms with van der Waals surface area (Å²) in [6.45, 7) is 7.52. The smallest absolute Gasteiger partial charge is 0.0926 e. The van der Waals surface area contributed by atoms with Gasteiger partial charge in [0.1, 0.15) is 0 Å². The van der Waals surface area contributed by atoms with Crippen LogP contribution in [0.5, 0.6) is 0 Å². The Morgan fingerprint density at radius 1 is 1.28 bits per heavy atom. The molecule has 1 aromatic carbocycles. The molecule has 2 N–H and O–H groups in total. The van der Waals surface area contributed by atoms with Gasteiger partial charge in [-0.2, -0.15) is 0 Å². The van der Waals surface area contributed by atoms with Crippen LogP contribution in [0.1, 0.15) is 35.0 Å². The summed E-state index contributed by atoms with van der Waals surface area (Å²) in [7, 11) is 0. The minimum atomic E-state index is -0.177. The minimum Gasteiger partial charge on any atom is -0.348 e. The second kappa shape index (κ2) is 3.95. The zero-order chi connectivity index (χ0) is 12.8. The molecular formula is C15H19N3.